The quantitative estimate of drug-likeness (QED) is 0.612. The topological polar surface area (TPSA) is 63.4 Å². The normalized spacial score (nSPS) is 12.4. The molecule has 0 saturated heterocycles. The van der Waals surface area contributed by atoms with E-state index in [0.717, 1.165) is 5.56 Å². The van der Waals surface area contributed by atoms with Gasteiger partial charge in [0.05, 0.1) is 5.92 Å². The van der Waals surface area contributed by atoms with Gasteiger partial charge in [-0.2, -0.15) is 0 Å². The number of nitro groups is 1. The number of nitrogens with zero attached hydrogens (tertiary/aromatic N) is 1. The van der Waals surface area contributed by atoms with Crippen LogP contribution in [-0.4, -0.2) is 16.6 Å². The van der Waals surface area contributed by atoms with Gasteiger partial charge in [-0.05, 0) is 19.4 Å². The van der Waals surface area contributed by atoms with Crippen LogP contribution in [-0.2, 0) is 0 Å². The highest BCUT2D eigenvalue weighted by atomic mass is 16.6. The van der Waals surface area contributed by atoms with Gasteiger partial charge in [0.25, 0.3) is 0 Å². The molecular weight excluding hydrogens is 194 g/mol. The third-order valence-corrected chi connectivity index (χ3v) is 2.49. The Labute approximate surface area is 88.7 Å². The molecule has 0 bridgehead atoms. The highest BCUT2D eigenvalue weighted by Gasteiger charge is 2.18. The van der Waals surface area contributed by atoms with Crippen LogP contribution in [0.3, 0.4) is 0 Å². The number of hydrogen-bond donors (Lipinski definition) is 1. The minimum absolute atomic E-state index is 0.131. The van der Waals surface area contributed by atoms with Gasteiger partial charge in [0.1, 0.15) is 5.75 Å². The van der Waals surface area contributed by atoms with E-state index in [1.807, 2.05) is 19.9 Å². The molecule has 0 saturated carbocycles. The molecule has 1 rings (SSSR count). The van der Waals surface area contributed by atoms with Gasteiger partial charge in [0, 0.05) is 10.5 Å². The summed E-state index contributed by atoms with van der Waals surface area (Å²) in [7, 11) is 0. The molecule has 0 aliphatic rings. The molecule has 4 nitrogen and oxygen atoms in total. The summed E-state index contributed by atoms with van der Waals surface area (Å²) in [6.07, 6.45) is 0.651. The number of aromatic hydroxyl groups is 1. The fraction of sp³-hybridized carbons (Fsp3) is 0.455. The molecule has 0 aromatic heterocycles. The number of benzene rings is 1. The number of phenols is 1. The van der Waals surface area contributed by atoms with Crippen molar-refractivity contribution in [2.75, 3.05) is 6.54 Å². The summed E-state index contributed by atoms with van der Waals surface area (Å²) in [6, 6.07) is 5.19. The van der Waals surface area contributed by atoms with Crippen molar-refractivity contribution in [3.8, 4) is 5.75 Å². The van der Waals surface area contributed by atoms with E-state index in [-0.39, 0.29) is 23.1 Å². The third kappa shape index (κ3) is 2.94. The molecule has 0 radical (unpaired) electrons. The Bertz CT molecular complexity index is 363. The minimum atomic E-state index is -0.337. The molecule has 1 N–H and O–H groups in total. The fourth-order valence-electron chi connectivity index (χ4n) is 1.63. The van der Waals surface area contributed by atoms with E-state index in [1.54, 1.807) is 12.1 Å². The van der Waals surface area contributed by atoms with E-state index in [2.05, 4.69) is 0 Å². The van der Waals surface area contributed by atoms with Crippen LogP contribution in [0.2, 0.25) is 0 Å². The van der Waals surface area contributed by atoms with Crippen LogP contribution >= 0.6 is 0 Å². The summed E-state index contributed by atoms with van der Waals surface area (Å²) in [5.74, 6) is -0.0609. The lowest BCUT2D eigenvalue weighted by atomic mass is 9.94. The van der Waals surface area contributed by atoms with Gasteiger partial charge in [0.2, 0.25) is 6.54 Å². The molecule has 4 heteroatoms. The molecule has 0 aliphatic heterocycles. The van der Waals surface area contributed by atoms with Crippen molar-refractivity contribution in [2.45, 2.75) is 26.2 Å². The van der Waals surface area contributed by atoms with Crippen molar-refractivity contribution in [3.05, 3.63) is 39.4 Å². The summed E-state index contributed by atoms with van der Waals surface area (Å²) in [4.78, 5) is 10.1. The Morgan fingerprint density at radius 3 is 2.73 bits per heavy atom. The van der Waals surface area contributed by atoms with Crippen LogP contribution in [0.4, 0.5) is 0 Å². The van der Waals surface area contributed by atoms with E-state index < -0.39 is 0 Å². The highest BCUT2D eigenvalue weighted by molar-refractivity contribution is 5.38. The molecule has 0 amide bonds. The predicted molar refractivity (Wildman–Crippen MR) is 57.7 cm³/mol. The lowest BCUT2D eigenvalue weighted by Gasteiger charge is -2.13. The molecule has 0 aliphatic carbocycles. The van der Waals surface area contributed by atoms with Gasteiger partial charge in [-0.15, -0.1) is 0 Å². The molecular formula is C11H15NO3. The number of aryl methyl sites for hydroxylation is 1. The van der Waals surface area contributed by atoms with Crippen molar-refractivity contribution < 1.29 is 10.0 Å². The molecule has 82 valence electrons. The van der Waals surface area contributed by atoms with Crippen LogP contribution in [0.1, 0.15) is 30.4 Å². The zero-order valence-electron chi connectivity index (χ0n) is 8.93. The van der Waals surface area contributed by atoms with Crippen molar-refractivity contribution in [1.82, 2.24) is 0 Å². The van der Waals surface area contributed by atoms with Crippen LogP contribution in [0.5, 0.6) is 5.75 Å². The standard InChI is InChI=1S/C11H15NO3/c1-3-9(7-12(14)15)10-6-8(2)4-5-11(10)13/h4-6,9,13H,3,7H2,1-2H3/t9-/m1/s1. The minimum Gasteiger partial charge on any atom is -0.508 e. The second kappa shape index (κ2) is 4.77. The summed E-state index contributed by atoms with van der Waals surface area (Å²) < 4.78 is 0. The molecule has 0 spiro atoms. The molecule has 1 atom stereocenters. The van der Waals surface area contributed by atoms with Crippen molar-refractivity contribution >= 4 is 0 Å². The van der Waals surface area contributed by atoms with E-state index in [4.69, 9.17) is 0 Å². The Hall–Kier alpha value is -1.58. The first-order chi connectivity index (χ1) is 7.04. The smallest absolute Gasteiger partial charge is 0.210 e. The van der Waals surface area contributed by atoms with Crippen LogP contribution in [0.15, 0.2) is 18.2 Å². The lowest BCUT2D eigenvalue weighted by molar-refractivity contribution is -0.483. The third-order valence-electron chi connectivity index (χ3n) is 2.49. The monoisotopic (exact) mass is 209 g/mol. The Morgan fingerprint density at radius 1 is 1.53 bits per heavy atom. The largest absolute Gasteiger partial charge is 0.508 e. The van der Waals surface area contributed by atoms with Crippen molar-refractivity contribution in [1.29, 1.82) is 0 Å². The van der Waals surface area contributed by atoms with Gasteiger partial charge in [-0.25, -0.2) is 0 Å². The lowest BCUT2D eigenvalue weighted by Crippen LogP contribution is -2.12. The number of hydrogen-bond acceptors (Lipinski definition) is 3. The average molecular weight is 209 g/mol. The first kappa shape index (κ1) is 11.5. The Balaban J connectivity index is 3.00. The summed E-state index contributed by atoms with van der Waals surface area (Å²) >= 11 is 0. The molecule has 1 aromatic carbocycles. The van der Waals surface area contributed by atoms with E-state index >= 15 is 0 Å². The average Bonchev–Trinajstić information content (AvgIpc) is 2.18. The van der Waals surface area contributed by atoms with Gasteiger partial charge in [-0.3, -0.25) is 10.1 Å². The van der Waals surface area contributed by atoms with E-state index in [9.17, 15) is 15.2 Å². The maximum Gasteiger partial charge on any atom is 0.210 e. The predicted octanol–water partition coefficient (Wildman–Crippen LogP) is 2.47. The first-order valence-electron chi connectivity index (χ1n) is 4.96. The second-order valence-electron chi connectivity index (χ2n) is 3.68. The first-order valence-corrected chi connectivity index (χ1v) is 4.96. The maximum absolute atomic E-state index is 10.5. The molecule has 1 aromatic rings. The SMILES string of the molecule is CC[C@H](C[N+](=O)[O-])c1cc(C)ccc1O. The summed E-state index contributed by atoms with van der Waals surface area (Å²) in [5, 5.41) is 20.1. The zero-order chi connectivity index (χ0) is 11.4. The van der Waals surface area contributed by atoms with Gasteiger partial charge in [-0.1, -0.05) is 24.6 Å². The maximum atomic E-state index is 10.5. The molecule has 15 heavy (non-hydrogen) atoms. The van der Waals surface area contributed by atoms with Gasteiger partial charge < -0.3 is 5.11 Å². The summed E-state index contributed by atoms with van der Waals surface area (Å²) in [5.41, 5.74) is 1.68. The highest BCUT2D eigenvalue weighted by Crippen LogP contribution is 2.29. The van der Waals surface area contributed by atoms with Crippen molar-refractivity contribution in [2.24, 2.45) is 0 Å². The molecule has 0 unspecified atom stereocenters. The van der Waals surface area contributed by atoms with Crippen LogP contribution < -0.4 is 0 Å². The van der Waals surface area contributed by atoms with E-state index in [1.165, 1.54) is 0 Å². The van der Waals surface area contributed by atoms with Crippen LogP contribution in [0, 0.1) is 17.0 Å². The van der Waals surface area contributed by atoms with Gasteiger partial charge in [0.15, 0.2) is 0 Å². The fourth-order valence-corrected chi connectivity index (χ4v) is 1.63. The Kier molecular flexibility index (Phi) is 3.66. The van der Waals surface area contributed by atoms with E-state index in [0.29, 0.717) is 12.0 Å². The molecule has 0 heterocycles. The summed E-state index contributed by atoms with van der Waals surface area (Å²) in [6.45, 7) is 3.66. The van der Waals surface area contributed by atoms with Crippen LogP contribution in [0.25, 0.3) is 0 Å². The second-order valence-corrected chi connectivity index (χ2v) is 3.68. The number of phenolic OH excluding ortho intramolecular Hbond substituents is 1. The number of rotatable bonds is 4. The Morgan fingerprint density at radius 2 is 2.20 bits per heavy atom. The molecule has 0 fully saturated rings. The zero-order valence-corrected chi connectivity index (χ0v) is 8.93. The van der Waals surface area contributed by atoms with Gasteiger partial charge >= 0.3 is 0 Å². The van der Waals surface area contributed by atoms with Crippen molar-refractivity contribution in [3.63, 3.8) is 0 Å².